The first-order chi connectivity index (χ1) is 9.60. The molecule has 1 aliphatic rings. The van der Waals surface area contributed by atoms with Crippen LogP contribution in [-0.2, 0) is 6.54 Å². The van der Waals surface area contributed by atoms with Crippen LogP contribution >= 0.6 is 11.6 Å². The van der Waals surface area contributed by atoms with E-state index in [9.17, 15) is 5.11 Å². The Kier molecular flexibility index (Phi) is 5.55. The molecule has 20 heavy (non-hydrogen) atoms. The number of nitrogens with zero attached hydrogens (tertiary/aromatic N) is 1. The predicted molar refractivity (Wildman–Crippen MR) is 82.6 cm³/mol. The van der Waals surface area contributed by atoms with Gasteiger partial charge in [0.15, 0.2) is 11.5 Å². The molecule has 0 spiro atoms. The fourth-order valence-electron chi connectivity index (χ4n) is 3.06. The molecular formula is C16H24ClNO2. The molecule has 0 unspecified atom stereocenters. The van der Waals surface area contributed by atoms with Crippen LogP contribution in [0.2, 0.25) is 5.02 Å². The average Bonchev–Trinajstić information content (AvgIpc) is 2.43. The van der Waals surface area contributed by atoms with E-state index in [2.05, 4.69) is 11.9 Å². The highest BCUT2D eigenvalue weighted by Crippen LogP contribution is 2.35. The second-order valence-corrected chi connectivity index (χ2v) is 6.24. The van der Waals surface area contributed by atoms with Crippen LogP contribution in [0.25, 0.3) is 0 Å². The molecule has 1 aromatic rings. The Hall–Kier alpha value is -0.930. The van der Waals surface area contributed by atoms with Crippen molar-refractivity contribution in [1.29, 1.82) is 0 Å². The smallest absolute Gasteiger partial charge is 0.176 e. The maximum atomic E-state index is 9.75. The van der Waals surface area contributed by atoms with E-state index in [0.29, 0.717) is 10.8 Å². The number of phenols is 1. The summed E-state index contributed by atoms with van der Waals surface area (Å²) < 4.78 is 5.15. The molecule has 0 saturated heterocycles. The minimum absolute atomic E-state index is 0.0212. The molecular weight excluding hydrogens is 274 g/mol. The number of methoxy groups -OCH3 is 1. The van der Waals surface area contributed by atoms with Gasteiger partial charge in [-0.2, -0.15) is 0 Å². The molecule has 1 N–H and O–H groups in total. The zero-order valence-corrected chi connectivity index (χ0v) is 13.1. The van der Waals surface area contributed by atoms with Gasteiger partial charge in [-0.15, -0.1) is 0 Å². The summed E-state index contributed by atoms with van der Waals surface area (Å²) in [7, 11) is 3.68. The number of benzene rings is 1. The molecule has 1 saturated carbocycles. The number of aromatic hydroxyl groups is 1. The molecule has 1 aromatic carbocycles. The van der Waals surface area contributed by atoms with Crippen LogP contribution in [0, 0.1) is 5.92 Å². The maximum Gasteiger partial charge on any atom is 0.176 e. The van der Waals surface area contributed by atoms with E-state index in [1.54, 1.807) is 7.11 Å². The highest BCUT2D eigenvalue weighted by atomic mass is 35.5. The van der Waals surface area contributed by atoms with Gasteiger partial charge in [-0.05, 0) is 43.5 Å². The predicted octanol–water partition coefficient (Wildman–Crippen LogP) is 4.07. The van der Waals surface area contributed by atoms with E-state index in [4.69, 9.17) is 16.3 Å². The van der Waals surface area contributed by atoms with E-state index in [1.807, 2.05) is 12.1 Å². The third kappa shape index (κ3) is 4.03. The summed E-state index contributed by atoms with van der Waals surface area (Å²) >= 11 is 6.02. The third-order valence-corrected chi connectivity index (χ3v) is 4.34. The molecule has 2 rings (SSSR count). The SMILES string of the molecule is COc1cc(CN(C)CC2CCCCC2)cc(Cl)c1O. The Morgan fingerprint density at radius 2 is 2.00 bits per heavy atom. The molecule has 0 amide bonds. The van der Waals surface area contributed by atoms with Crippen molar-refractivity contribution in [2.45, 2.75) is 38.6 Å². The van der Waals surface area contributed by atoms with Crippen molar-refractivity contribution in [3.8, 4) is 11.5 Å². The first-order valence-corrected chi connectivity index (χ1v) is 7.72. The lowest BCUT2D eigenvalue weighted by molar-refractivity contribution is 0.228. The lowest BCUT2D eigenvalue weighted by Gasteiger charge is -2.27. The number of ether oxygens (including phenoxy) is 1. The van der Waals surface area contributed by atoms with Crippen molar-refractivity contribution in [2.75, 3.05) is 20.7 Å². The lowest BCUT2D eigenvalue weighted by atomic mass is 9.89. The Labute approximate surface area is 126 Å². The summed E-state index contributed by atoms with van der Waals surface area (Å²) in [6.45, 7) is 1.95. The van der Waals surface area contributed by atoms with Crippen LogP contribution in [0.3, 0.4) is 0 Å². The molecule has 112 valence electrons. The van der Waals surface area contributed by atoms with Crippen LogP contribution in [0.4, 0.5) is 0 Å². The largest absolute Gasteiger partial charge is 0.503 e. The standard InChI is InChI=1S/C16H24ClNO2/c1-18(10-12-6-4-3-5-7-12)11-13-8-14(17)16(19)15(9-13)20-2/h8-9,12,19H,3-7,10-11H2,1-2H3. The number of hydrogen-bond donors (Lipinski definition) is 1. The van der Waals surface area contributed by atoms with Gasteiger partial charge in [-0.25, -0.2) is 0 Å². The van der Waals surface area contributed by atoms with Crippen LogP contribution in [-0.4, -0.2) is 30.7 Å². The molecule has 0 bridgehead atoms. The van der Waals surface area contributed by atoms with Crippen molar-refractivity contribution in [2.24, 2.45) is 5.92 Å². The molecule has 1 aliphatic carbocycles. The topological polar surface area (TPSA) is 32.7 Å². The fourth-order valence-corrected chi connectivity index (χ4v) is 3.29. The highest BCUT2D eigenvalue weighted by Gasteiger charge is 2.16. The summed E-state index contributed by atoms with van der Waals surface area (Å²) in [5.41, 5.74) is 1.07. The monoisotopic (exact) mass is 297 g/mol. The van der Waals surface area contributed by atoms with Gasteiger partial charge in [0.1, 0.15) is 0 Å². The Bertz CT molecular complexity index is 444. The highest BCUT2D eigenvalue weighted by molar-refractivity contribution is 6.32. The molecule has 0 aliphatic heterocycles. The molecule has 0 radical (unpaired) electrons. The van der Waals surface area contributed by atoms with E-state index in [0.717, 1.165) is 24.6 Å². The van der Waals surface area contributed by atoms with E-state index in [-0.39, 0.29) is 5.75 Å². The van der Waals surface area contributed by atoms with Gasteiger partial charge < -0.3 is 14.7 Å². The molecule has 1 fully saturated rings. The first-order valence-electron chi connectivity index (χ1n) is 7.34. The minimum Gasteiger partial charge on any atom is -0.503 e. The fraction of sp³-hybridized carbons (Fsp3) is 0.625. The summed E-state index contributed by atoms with van der Waals surface area (Å²) in [4.78, 5) is 2.33. The Morgan fingerprint density at radius 1 is 1.30 bits per heavy atom. The van der Waals surface area contributed by atoms with Crippen LogP contribution < -0.4 is 4.74 Å². The quantitative estimate of drug-likeness (QED) is 0.889. The first kappa shape index (κ1) is 15.5. The van der Waals surface area contributed by atoms with E-state index < -0.39 is 0 Å². The third-order valence-electron chi connectivity index (χ3n) is 4.06. The second kappa shape index (κ2) is 7.19. The van der Waals surface area contributed by atoms with Gasteiger partial charge in [0.25, 0.3) is 0 Å². The zero-order valence-electron chi connectivity index (χ0n) is 12.4. The van der Waals surface area contributed by atoms with Crippen LogP contribution in [0.1, 0.15) is 37.7 Å². The normalized spacial score (nSPS) is 16.6. The Morgan fingerprint density at radius 3 is 2.65 bits per heavy atom. The van der Waals surface area contributed by atoms with Crippen molar-refractivity contribution in [3.05, 3.63) is 22.7 Å². The summed E-state index contributed by atoms with van der Waals surface area (Å²) in [6.07, 6.45) is 6.84. The van der Waals surface area contributed by atoms with Gasteiger partial charge in [0.05, 0.1) is 12.1 Å². The Balaban J connectivity index is 1.96. The van der Waals surface area contributed by atoms with Gasteiger partial charge in [-0.3, -0.25) is 0 Å². The van der Waals surface area contributed by atoms with Gasteiger partial charge in [-0.1, -0.05) is 30.9 Å². The van der Waals surface area contributed by atoms with Gasteiger partial charge in [0.2, 0.25) is 0 Å². The van der Waals surface area contributed by atoms with Gasteiger partial charge >= 0.3 is 0 Å². The van der Waals surface area contributed by atoms with Crippen LogP contribution in [0.5, 0.6) is 11.5 Å². The second-order valence-electron chi connectivity index (χ2n) is 5.83. The number of hydrogen-bond acceptors (Lipinski definition) is 3. The van der Waals surface area contributed by atoms with Crippen molar-refractivity contribution in [3.63, 3.8) is 0 Å². The molecule has 0 heterocycles. The zero-order chi connectivity index (χ0) is 14.5. The minimum atomic E-state index is 0.0212. The van der Waals surface area contributed by atoms with Crippen molar-refractivity contribution >= 4 is 11.6 Å². The number of rotatable bonds is 5. The molecule has 4 heteroatoms. The van der Waals surface area contributed by atoms with Crippen LogP contribution in [0.15, 0.2) is 12.1 Å². The number of phenolic OH excluding ortho intramolecular Hbond substituents is 1. The average molecular weight is 298 g/mol. The summed E-state index contributed by atoms with van der Waals surface area (Å²) in [5, 5.41) is 10.1. The maximum absolute atomic E-state index is 9.75. The van der Waals surface area contributed by atoms with E-state index in [1.165, 1.54) is 32.1 Å². The lowest BCUT2D eigenvalue weighted by Crippen LogP contribution is -2.26. The number of halogens is 1. The summed E-state index contributed by atoms with van der Waals surface area (Å²) in [5.74, 6) is 1.29. The van der Waals surface area contributed by atoms with Crippen molar-refractivity contribution in [1.82, 2.24) is 4.90 Å². The molecule has 0 atom stereocenters. The van der Waals surface area contributed by atoms with Crippen molar-refractivity contribution < 1.29 is 9.84 Å². The molecule has 0 aromatic heterocycles. The molecule has 3 nitrogen and oxygen atoms in total. The van der Waals surface area contributed by atoms with Gasteiger partial charge in [0, 0.05) is 13.1 Å². The van der Waals surface area contributed by atoms with E-state index >= 15 is 0 Å². The summed E-state index contributed by atoms with van der Waals surface area (Å²) in [6, 6.07) is 3.68.